The topological polar surface area (TPSA) is 263 Å². The fourth-order valence-corrected chi connectivity index (χ4v) is 7.72. The normalized spacial score (nSPS) is 34.4. The molecule has 3 saturated heterocycles. The molecule has 4 aromatic heterocycles. The second-order valence-corrected chi connectivity index (χ2v) is 14.3. The summed E-state index contributed by atoms with van der Waals surface area (Å²) in [4.78, 5) is 45.0. The molecule has 0 radical (unpaired) electrons. The number of fused-ring (bicyclic) bond motifs is 5. The van der Waals surface area contributed by atoms with Gasteiger partial charge in [0.2, 0.25) is 5.95 Å². The van der Waals surface area contributed by atoms with Gasteiger partial charge in [0.15, 0.2) is 41.0 Å². The molecule has 24 heteroatoms. The van der Waals surface area contributed by atoms with Crippen LogP contribution in [0.15, 0.2) is 28.6 Å². The first kappa shape index (κ1) is 29.4. The number of nitrogens with two attached hydrogens (primary N) is 1. The molecule has 7 heterocycles. The minimum Gasteiger partial charge on any atom is -0.369 e. The van der Waals surface area contributed by atoms with Gasteiger partial charge in [-0.05, 0) is 0 Å². The first-order valence-electron chi connectivity index (χ1n) is 12.8. The van der Waals surface area contributed by atoms with Crippen molar-refractivity contribution in [2.75, 3.05) is 18.9 Å². The van der Waals surface area contributed by atoms with Crippen LogP contribution in [0.1, 0.15) is 18.9 Å². The van der Waals surface area contributed by atoms with E-state index in [4.69, 9.17) is 28.4 Å². The molecule has 7 rings (SSSR count). The lowest BCUT2D eigenvalue weighted by Gasteiger charge is -2.24. The lowest BCUT2D eigenvalue weighted by molar-refractivity contribution is -0.0439. The van der Waals surface area contributed by atoms with Crippen molar-refractivity contribution in [3.05, 3.63) is 39.7 Å². The van der Waals surface area contributed by atoms with Crippen LogP contribution in [0, 0.1) is 0 Å². The van der Waals surface area contributed by atoms with Gasteiger partial charge in [-0.3, -0.25) is 32.8 Å². The van der Waals surface area contributed by atoms with Gasteiger partial charge in [0.05, 0.1) is 31.7 Å². The average Bonchev–Trinajstić information content (AvgIpc) is 3.72. The number of ether oxygens (including phenoxy) is 2. The fourth-order valence-electron chi connectivity index (χ4n) is 5.28. The molecule has 4 aromatic rings. The molecule has 0 spiro atoms. The van der Waals surface area contributed by atoms with E-state index in [2.05, 4.69) is 46.9 Å². The van der Waals surface area contributed by atoms with Crippen LogP contribution in [0.3, 0.4) is 0 Å². The Morgan fingerprint density at radius 1 is 1.05 bits per heavy atom. The number of hydrogen-bond acceptors (Lipinski definition) is 15. The van der Waals surface area contributed by atoms with E-state index in [0.717, 1.165) is 17.2 Å². The van der Waals surface area contributed by atoms with Crippen LogP contribution in [0.2, 0.25) is 0 Å². The smallest absolute Gasteiger partial charge is 0.369 e. The number of H-pyrrole nitrogens is 2. The van der Waals surface area contributed by atoms with Gasteiger partial charge >= 0.3 is 17.1 Å². The number of alkyl halides is 1. The number of aromatic amines is 2. The standard InChI is InChI=1S/C20H22FN10O10PS2/c21-10-13-9(39-19(10)30-5-25-11-14(30)23-4-24-16(11)32)2-27-44(35,36)41-8-1-7(3-37-42(34,43)40-13)38-18(8)31-6-26-12-15(31)28-20(22)29-17(12)33/h4-10,13,18-19,27H,1-3H2,(H,34,43)(H,23,24,32)(H3,22,28,29,33)/t7-,8+,9?,10+,13+,18+,19+,42?/m0/s1. The van der Waals surface area contributed by atoms with Crippen LogP contribution in [0.4, 0.5) is 10.3 Å². The summed E-state index contributed by atoms with van der Waals surface area (Å²) < 4.78 is 88.0. The van der Waals surface area contributed by atoms with Crippen LogP contribution in [0.25, 0.3) is 22.3 Å². The zero-order valence-corrected chi connectivity index (χ0v) is 24.5. The Morgan fingerprint density at radius 3 is 2.55 bits per heavy atom. The Hall–Kier alpha value is -3.28. The van der Waals surface area contributed by atoms with Crippen molar-refractivity contribution < 1.29 is 40.1 Å². The maximum absolute atomic E-state index is 15.9. The van der Waals surface area contributed by atoms with Gasteiger partial charge in [-0.15, -0.1) is 0 Å². The molecule has 2 unspecified atom stereocenters. The second kappa shape index (κ2) is 10.7. The Balaban J connectivity index is 1.19. The van der Waals surface area contributed by atoms with Crippen LogP contribution < -0.4 is 21.6 Å². The summed E-state index contributed by atoms with van der Waals surface area (Å²) in [5.74, 6) is -0.217. The summed E-state index contributed by atoms with van der Waals surface area (Å²) in [5.41, 5.74) is 4.26. The van der Waals surface area contributed by atoms with Gasteiger partial charge in [0, 0.05) is 13.0 Å². The first-order valence-corrected chi connectivity index (χ1v) is 16.9. The summed E-state index contributed by atoms with van der Waals surface area (Å²) >= 11 is 4.00. The van der Waals surface area contributed by atoms with Gasteiger partial charge in [0.25, 0.3) is 11.1 Å². The number of nitrogen functional groups attached to an aromatic ring is 1. The molecule has 236 valence electrons. The van der Waals surface area contributed by atoms with E-state index >= 15 is 4.39 Å². The predicted molar refractivity (Wildman–Crippen MR) is 147 cm³/mol. The van der Waals surface area contributed by atoms with Crippen LogP contribution >= 0.6 is 19.0 Å². The highest BCUT2D eigenvalue weighted by molar-refractivity contribution is 8.44. The van der Waals surface area contributed by atoms with E-state index in [1.165, 1.54) is 10.9 Å². The van der Waals surface area contributed by atoms with Gasteiger partial charge in [-0.25, -0.2) is 28.1 Å². The molecule has 0 saturated carbocycles. The number of thiol groups is 1. The summed E-state index contributed by atoms with van der Waals surface area (Å²) in [5, 5.41) is 0. The fraction of sp³-hybridized carbons (Fsp3) is 0.500. The van der Waals surface area contributed by atoms with Gasteiger partial charge < -0.3 is 20.2 Å². The van der Waals surface area contributed by atoms with Gasteiger partial charge in [-0.1, -0.05) is 12.2 Å². The quantitative estimate of drug-likeness (QED) is 0.126. The first-order chi connectivity index (χ1) is 20.9. The molecule has 5 N–H and O–H groups in total. The molecule has 0 aromatic carbocycles. The van der Waals surface area contributed by atoms with Crippen LogP contribution in [-0.2, 0) is 37.6 Å². The molecule has 8 atom stereocenters. The van der Waals surface area contributed by atoms with Crippen molar-refractivity contribution in [3.8, 4) is 0 Å². The number of aromatic nitrogens is 8. The minimum atomic E-state index is -4.59. The highest BCUT2D eigenvalue weighted by atomic mass is 32.7. The Labute approximate surface area is 249 Å². The third-order valence-electron chi connectivity index (χ3n) is 7.17. The zero-order valence-electron chi connectivity index (χ0n) is 21.9. The maximum Gasteiger partial charge on any atom is 0.386 e. The molecule has 2 bridgehead atoms. The summed E-state index contributed by atoms with van der Waals surface area (Å²) in [6.07, 6.45) is -6.71. The number of imidazole rings is 2. The van der Waals surface area contributed by atoms with Crippen molar-refractivity contribution in [3.63, 3.8) is 0 Å². The molecule has 0 amide bonds. The highest BCUT2D eigenvalue weighted by Gasteiger charge is 2.51. The summed E-state index contributed by atoms with van der Waals surface area (Å²) in [6.45, 7) is -5.38. The van der Waals surface area contributed by atoms with Crippen molar-refractivity contribution >= 4 is 57.6 Å². The summed E-state index contributed by atoms with van der Waals surface area (Å²) in [6, 6.07) is 0. The molecule has 3 aliphatic rings. The summed E-state index contributed by atoms with van der Waals surface area (Å²) in [7, 11) is -4.59. The molecular formula is C20H22FN10O10PS2. The number of nitrogens with zero attached hydrogens (tertiary/aromatic N) is 6. The predicted octanol–water partition coefficient (Wildman–Crippen LogP) is -0.969. The molecular weight excluding hydrogens is 654 g/mol. The van der Waals surface area contributed by atoms with Crippen molar-refractivity contribution in [2.24, 2.45) is 0 Å². The lowest BCUT2D eigenvalue weighted by atomic mass is 10.1. The molecule has 3 fully saturated rings. The van der Waals surface area contributed by atoms with E-state index in [-0.39, 0.29) is 34.7 Å². The SMILES string of the molecule is Nc1nc2c(ncn2[C@@H]2O[C@@H]3COP(=O)(S)O[C@@H]4C(CNS(=O)(=O)O[C@@H]2C3)O[C@@H](n2cnc3c(=O)[nH]cnc32)[C@@H]4F)c(=O)[nH]1. The third kappa shape index (κ3) is 5.22. The monoisotopic (exact) mass is 676 g/mol. The number of anilines is 1. The second-order valence-electron chi connectivity index (χ2n) is 10.00. The minimum absolute atomic E-state index is 0.00757. The average molecular weight is 677 g/mol. The van der Waals surface area contributed by atoms with Gasteiger partial charge in [-0.2, -0.15) is 18.1 Å². The van der Waals surface area contributed by atoms with E-state index < -0.39 is 84.4 Å². The third-order valence-corrected chi connectivity index (χ3v) is 9.80. The van der Waals surface area contributed by atoms with E-state index in [1.807, 2.05) is 0 Å². The van der Waals surface area contributed by atoms with Gasteiger partial charge in [0.1, 0.15) is 18.3 Å². The molecule has 3 aliphatic heterocycles. The molecule has 0 aliphatic carbocycles. The number of nitrogens with one attached hydrogen (secondary N) is 3. The largest absolute Gasteiger partial charge is 0.386 e. The van der Waals surface area contributed by atoms with Crippen molar-refractivity contribution in [1.29, 1.82) is 0 Å². The van der Waals surface area contributed by atoms with Crippen molar-refractivity contribution in [1.82, 2.24) is 43.8 Å². The number of hydrogen-bond donors (Lipinski definition) is 5. The molecule has 44 heavy (non-hydrogen) atoms. The number of rotatable bonds is 2. The van der Waals surface area contributed by atoms with E-state index in [1.54, 1.807) is 0 Å². The van der Waals surface area contributed by atoms with Crippen LogP contribution in [0.5, 0.6) is 0 Å². The maximum atomic E-state index is 15.9. The zero-order chi connectivity index (χ0) is 31.0. The molecule has 20 nitrogen and oxygen atoms in total. The Bertz CT molecular complexity index is 2040. The van der Waals surface area contributed by atoms with Crippen LogP contribution in [-0.4, -0.2) is 91.2 Å². The Morgan fingerprint density at radius 2 is 1.77 bits per heavy atom. The van der Waals surface area contributed by atoms with Crippen molar-refractivity contribution in [2.45, 2.75) is 49.5 Å². The highest BCUT2D eigenvalue weighted by Crippen LogP contribution is 2.57. The van der Waals surface area contributed by atoms with E-state index in [9.17, 15) is 22.6 Å². The Kier molecular flexibility index (Phi) is 7.13. The lowest BCUT2D eigenvalue weighted by Crippen LogP contribution is -2.41. The number of halogens is 1. The van der Waals surface area contributed by atoms with E-state index in [0.29, 0.717) is 0 Å².